The minimum Gasteiger partial charge on any atom is -0.383 e. The Bertz CT molecular complexity index is 538. The van der Waals surface area contributed by atoms with Gasteiger partial charge in [0.05, 0.1) is 12.2 Å². The number of anilines is 1. The maximum Gasteiger partial charge on any atom is 0.141 e. The summed E-state index contributed by atoms with van der Waals surface area (Å²) in [5.74, 6) is 0.534. The molecule has 1 heterocycles. The smallest absolute Gasteiger partial charge is 0.141 e. The molecule has 2 aromatic rings. The van der Waals surface area contributed by atoms with Crippen molar-refractivity contribution in [3.8, 4) is 0 Å². The molecule has 17 heavy (non-hydrogen) atoms. The molecule has 0 bridgehead atoms. The van der Waals surface area contributed by atoms with E-state index in [4.69, 9.17) is 17.3 Å². The summed E-state index contributed by atoms with van der Waals surface area (Å²) in [6.45, 7) is 6.71. The zero-order valence-electron chi connectivity index (χ0n) is 10.3. The molecule has 0 aliphatic carbocycles. The van der Waals surface area contributed by atoms with Gasteiger partial charge in [-0.05, 0) is 37.5 Å². The van der Waals surface area contributed by atoms with Crippen LogP contribution in [0.4, 0.5) is 5.82 Å². The van der Waals surface area contributed by atoms with Crippen LogP contribution in [0.15, 0.2) is 18.2 Å². The van der Waals surface area contributed by atoms with Crippen LogP contribution in [0, 0.1) is 20.8 Å². The van der Waals surface area contributed by atoms with Crippen molar-refractivity contribution < 1.29 is 0 Å². The molecule has 1 aromatic heterocycles. The first kappa shape index (κ1) is 12.0. The molecule has 0 saturated heterocycles. The summed E-state index contributed by atoms with van der Waals surface area (Å²) in [5, 5.41) is 4.90. The first-order valence-electron chi connectivity index (χ1n) is 5.54. The van der Waals surface area contributed by atoms with Crippen molar-refractivity contribution >= 4 is 17.4 Å². The van der Waals surface area contributed by atoms with Crippen LogP contribution < -0.4 is 5.73 Å². The Morgan fingerprint density at radius 3 is 2.29 bits per heavy atom. The Morgan fingerprint density at radius 1 is 1.24 bits per heavy atom. The summed E-state index contributed by atoms with van der Waals surface area (Å²) in [7, 11) is 0. The Kier molecular flexibility index (Phi) is 3.11. The molecule has 2 N–H and O–H groups in total. The van der Waals surface area contributed by atoms with Crippen LogP contribution in [-0.4, -0.2) is 9.78 Å². The topological polar surface area (TPSA) is 43.8 Å². The highest BCUT2D eigenvalue weighted by Gasteiger charge is 2.12. The van der Waals surface area contributed by atoms with Crippen LogP contribution >= 0.6 is 11.6 Å². The van der Waals surface area contributed by atoms with E-state index in [1.165, 1.54) is 16.7 Å². The predicted octanol–water partition coefficient (Wildman–Crippen LogP) is 3.09. The van der Waals surface area contributed by atoms with E-state index in [1.54, 1.807) is 4.68 Å². The SMILES string of the molecule is Cc1cccc(C)c1Cn1nc(C)c(Cl)c1N. The van der Waals surface area contributed by atoms with Crippen LogP contribution in [0.3, 0.4) is 0 Å². The Balaban J connectivity index is 2.41. The highest BCUT2D eigenvalue weighted by Crippen LogP contribution is 2.24. The summed E-state index contributed by atoms with van der Waals surface area (Å²) in [5.41, 5.74) is 10.4. The lowest BCUT2D eigenvalue weighted by atomic mass is 10.0. The van der Waals surface area contributed by atoms with E-state index in [9.17, 15) is 0 Å². The van der Waals surface area contributed by atoms with E-state index in [2.05, 4.69) is 37.1 Å². The number of rotatable bonds is 2. The summed E-state index contributed by atoms with van der Waals surface area (Å²) in [6, 6.07) is 6.24. The second kappa shape index (κ2) is 4.41. The summed E-state index contributed by atoms with van der Waals surface area (Å²) in [6.07, 6.45) is 0. The third-order valence-electron chi connectivity index (χ3n) is 3.04. The summed E-state index contributed by atoms with van der Waals surface area (Å²) in [4.78, 5) is 0. The largest absolute Gasteiger partial charge is 0.383 e. The second-order valence-electron chi connectivity index (χ2n) is 4.31. The molecule has 0 aliphatic rings. The Morgan fingerprint density at radius 2 is 1.82 bits per heavy atom. The van der Waals surface area contributed by atoms with E-state index in [0.717, 1.165) is 5.69 Å². The number of nitrogens with zero attached hydrogens (tertiary/aromatic N) is 2. The number of aromatic nitrogens is 2. The molecule has 0 radical (unpaired) electrons. The van der Waals surface area contributed by atoms with E-state index in [-0.39, 0.29) is 0 Å². The number of benzene rings is 1. The third kappa shape index (κ3) is 2.15. The van der Waals surface area contributed by atoms with Crippen molar-refractivity contribution in [2.24, 2.45) is 0 Å². The summed E-state index contributed by atoms with van der Waals surface area (Å²) >= 11 is 6.04. The monoisotopic (exact) mass is 249 g/mol. The number of aryl methyl sites for hydroxylation is 3. The van der Waals surface area contributed by atoms with Gasteiger partial charge >= 0.3 is 0 Å². The lowest BCUT2D eigenvalue weighted by Gasteiger charge is -2.10. The number of hydrogen-bond acceptors (Lipinski definition) is 2. The minimum atomic E-state index is 0.534. The van der Waals surface area contributed by atoms with E-state index in [0.29, 0.717) is 17.4 Å². The molecule has 4 heteroatoms. The molecular weight excluding hydrogens is 234 g/mol. The van der Waals surface area contributed by atoms with Gasteiger partial charge in [0, 0.05) is 0 Å². The lowest BCUT2D eigenvalue weighted by molar-refractivity contribution is 0.683. The van der Waals surface area contributed by atoms with Crippen LogP contribution in [0.25, 0.3) is 0 Å². The predicted molar refractivity (Wildman–Crippen MR) is 71.4 cm³/mol. The van der Waals surface area contributed by atoms with Crippen LogP contribution in [0.1, 0.15) is 22.4 Å². The fraction of sp³-hybridized carbons (Fsp3) is 0.308. The zero-order valence-corrected chi connectivity index (χ0v) is 11.0. The van der Waals surface area contributed by atoms with E-state index < -0.39 is 0 Å². The Hall–Kier alpha value is -1.48. The Labute approximate surface area is 106 Å². The van der Waals surface area contributed by atoms with Crippen molar-refractivity contribution in [2.45, 2.75) is 27.3 Å². The van der Waals surface area contributed by atoms with Crippen molar-refractivity contribution in [2.75, 3.05) is 5.73 Å². The molecule has 3 nitrogen and oxygen atoms in total. The van der Waals surface area contributed by atoms with Crippen molar-refractivity contribution in [3.63, 3.8) is 0 Å². The maximum absolute atomic E-state index is 6.04. The van der Waals surface area contributed by atoms with Gasteiger partial charge < -0.3 is 5.73 Å². The van der Waals surface area contributed by atoms with Gasteiger partial charge in [-0.3, -0.25) is 0 Å². The van der Waals surface area contributed by atoms with Gasteiger partial charge in [-0.1, -0.05) is 29.8 Å². The van der Waals surface area contributed by atoms with Gasteiger partial charge in [-0.25, -0.2) is 4.68 Å². The normalized spacial score (nSPS) is 10.8. The molecule has 0 aliphatic heterocycles. The van der Waals surface area contributed by atoms with Crippen molar-refractivity contribution in [3.05, 3.63) is 45.6 Å². The first-order valence-corrected chi connectivity index (χ1v) is 5.92. The first-order chi connectivity index (χ1) is 8.00. The van der Waals surface area contributed by atoms with Gasteiger partial charge in [0.15, 0.2) is 0 Å². The number of hydrogen-bond donors (Lipinski definition) is 1. The number of halogens is 1. The zero-order chi connectivity index (χ0) is 12.6. The molecule has 0 fully saturated rings. The molecule has 1 aromatic carbocycles. The van der Waals surface area contributed by atoms with Gasteiger partial charge in [-0.15, -0.1) is 0 Å². The standard InChI is InChI=1S/C13H16ClN3/c1-8-5-4-6-9(2)11(8)7-17-13(15)12(14)10(3)16-17/h4-6H,7,15H2,1-3H3. The minimum absolute atomic E-state index is 0.534. The quantitative estimate of drug-likeness (QED) is 0.889. The van der Waals surface area contributed by atoms with Crippen LogP contribution in [0.5, 0.6) is 0 Å². The molecule has 0 unspecified atom stereocenters. The average Bonchev–Trinajstić information content (AvgIpc) is 2.52. The van der Waals surface area contributed by atoms with E-state index >= 15 is 0 Å². The van der Waals surface area contributed by atoms with Crippen LogP contribution in [0.2, 0.25) is 5.02 Å². The molecular formula is C13H16ClN3. The van der Waals surface area contributed by atoms with Crippen molar-refractivity contribution in [1.29, 1.82) is 0 Å². The number of nitrogen functional groups attached to an aromatic ring is 1. The van der Waals surface area contributed by atoms with E-state index in [1.807, 2.05) is 6.92 Å². The van der Waals surface area contributed by atoms with Crippen LogP contribution in [-0.2, 0) is 6.54 Å². The second-order valence-corrected chi connectivity index (χ2v) is 4.69. The number of nitrogens with two attached hydrogens (primary N) is 1. The fourth-order valence-electron chi connectivity index (χ4n) is 1.95. The summed E-state index contributed by atoms with van der Waals surface area (Å²) < 4.78 is 1.76. The van der Waals surface area contributed by atoms with Crippen molar-refractivity contribution in [1.82, 2.24) is 9.78 Å². The highest BCUT2D eigenvalue weighted by atomic mass is 35.5. The molecule has 0 amide bonds. The van der Waals surface area contributed by atoms with Gasteiger partial charge in [0.2, 0.25) is 0 Å². The third-order valence-corrected chi connectivity index (χ3v) is 3.51. The molecule has 0 atom stereocenters. The fourth-order valence-corrected chi connectivity index (χ4v) is 2.08. The highest BCUT2D eigenvalue weighted by molar-refractivity contribution is 6.33. The van der Waals surface area contributed by atoms with Gasteiger partial charge in [0.1, 0.15) is 10.8 Å². The van der Waals surface area contributed by atoms with Gasteiger partial charge in [0.25, 0.3) is 0 Å². The molecule has 0 spiro atoms. The maximum atomic E-state index is 6.04. The molecule has 2 rings (SSSR count). The lowest BCUT2D eigenvalue weighted by Crippen LogP contribution is -2.08. The van der Waals surface area contributed by atoms with Gasteiger partial charge in [-0.2, -0.15) is 5.10 Å². The molecule has 0 saturated carbocycles. The molecule has 90 valence electrons. The average molecular weight is 250 g/mol.